The second kappa shape index (κ2) is 5.50. The van der Waals surface area contributed by atoms with Gasteiger partial charge in [0.15, 0.2) is 0 Å². The van der Waals surface area contributed by atoms with Crippen molar-refractivity contribution in [3.8, 4) is 0 Å². The van der Waals surface area contributed by atoms with Gasteiger partial charge in [-0.2, -0.15) is 9.50 Å². The number of hydrogen-bond acceptors (Lipinski definition) is 4. The zero-order valence-corrected chi connectivity index (χ0v) is 13.1. The highest BCUT2D eigenvalue weighted by atomic mass is 35.5. The van der Waals surface area contributed by atoms with Gasteiger partial charge in [0.25, 0.3) is 5.78 Å². The Labute approximate surface area is 131 Å². The van der Waals surface area contributed by atoms with Crippen molar-refractivity contribution >= 4 is 34.9 Å². The highest BCUT2D eigenvalue weighted by Crippen LogP contribution is 2.19. The summed E-state index contributed by atoms with van der Waals surface area (Å²) in [6.45, 7) is 4.33. The number of nitrogens with zero attached hydrogens (tertiary/aromatic N) is 4. The number of rotatable bonds is 3. The van der Waals surface area contributed by atoms with Crippen molar-refractivity contribution in [2.45, 2.75) is 20.4 Å². The summed E-state index contributed by atoms with van der Waals surface area (Å²) < 4.78 is 1.63. The van der Waals surface area contributed by atoms with E-state index in [1.807, 2.05) is 38.1 Å². The van der Waals surface area contributed by atoms with E-state index in [0.29, 0.717) is 28.3 Å². The molecule has 0 saturated carbocycles. The van der Waals surface area contributed by atoms with Gasteiger partial charge in [0.05, 0.1) is 16.4 Å². The van der Waals surface area contributed by atoms with Crippen molar-refractivity contribution in [1.29, 1.82) is 0 Å². The van der Waals surface area contributed by atoms with Crippen LogP contribution in [0.3, 0.4) is 0 Å². The molecule has 0 saturated heterocycles. The van der Waals surface area contributed by atoms with E-state index in [9.17, 15) is 0 Å². The zero-order chi connectivity index (χ0) is 15.0. The molecule has 0 aliphatic carbocycles. The third-order valence-electron chi connectivity index (χ3n) is 3.15. The van der Waals surface area contributed by atoms with E-state index >= 15 is 0 Å². The average Bonchev–Trinajstić information content (AvgIpc) is 2.86. The SMILES string of the molecule is Cc1nc2nc(NCc3cccc(Cl)c3)nn2c(C)c1Cl. The lowest BCUT2D eigenvalue weighted by molar-refractivity contribution is 0.883. The minimum atomic E-state index is 0.507. The molecule has 3 rings (SSSR count). The van der Waals surface area contributed by atoms with Crippen LogP contribution in [0.15, 0.2) is 24.3 Å². The molecule has 0 atom stereocenters. The van der Waals surface area contributed by atoms with Crippen molar-refractivity contribution < 1.29 is 0 Å². The highest BCUT2D eigenvalue weighted by Gasteiger charge is 2.11. The normalized spacial score (nSPS) is 11.0. The van der Waals surface area contributed by atoms with Crippen molar-refractivity contribution in [3.63, 3.8) is 0 Å². The van der Waals surface area contributed by atoms with Crippen LogP contribution in [-0.2, 0) is 6.54 Å². The summed E-state index contributed by atoms with van der Waals surface area (Å²) in [5, 5.41) is 8.84. The Morgan fingerprint density at radius 1 is 1.19 bits per heavy atom. The van der Waals surface area contributed by atoms with Crippen molar-refractivity contribution in [2.24, 2.45) is 0 Å². The second-order valence-corrected chi connectivity index (χ2v) is 5.54. The van der Waals surface area contributed by atoms with Crippen LogP contribution in [0.1, 0.15) is 17.0 Å². The largest absolute Gasteiger partial charge is 0.349 e. The van der Waals surface area contributed by atoms with Gasteiger partial charge in [-0.15, -0.1) is 5.10 Å². The lowest BCUT2D eigenvalue weighted by Gasteiger charge is -2.02. The van der Waals surface area contributed by atoms with E-state index in [1.54, 1.807) is 4.52 Å². The lowest BCUT2D eigenvalue weighted by Crippen LogP contribution is -2.02. The fourth-order valence-electron chi connectivity index (χ4n) is 2.06. The van der Waals surface area contributed by atoms with Gasteiger partial charge in [0.2, 0.25) is 5.95 Å². The Bertz CT molecular complexity index is 812. The summed E-state index contributed by atoms with van der Waals surface area (Å²) >= 11 is 12.1. The van der Waals surface area contributed by atoms with E-state index in [4.69, 9.17) is 23.2 Å². The van der Waals surface area contributed by atoms with Crippen LogP contribution in [0.5, 0.6) is 0 Å². The molecule has 1 aromatic carbocycles. The lowest BCUT2D eigenvalue weighted by atomic mass is 10.2. The molecule has 1 N–H and O–H groups in total. The van der Waals surface area contributed by atoms with Crippen LogP contribution >= 0.6 is 23.2 Å². The number of anilines is 1. The van der Waals surface area contributed by atoms with Gasteiger partial charge in [-0.1, -0.05) is 35.3 Å². The topological polar surface area (TPSA) is 55.1 Å². The molecule has 7 heteroatoms. The molecule has 0 unspecified atom stereocenters. The summed E-state index contributed by atoms with van der Waals surface area (Å²) in [6.07, 6.45) is 0. The van der Waals surface area contributed by atoms with E-state index in [0.717, 1.165) is 17.0 Å². The monoisotopic (exact) mass is 321 g/mol. The van der Waals surface area contributed by atoms with E-state index in [1.165, 1.54) is 0 Å². The third-order valence-corrected chi connectivity index (χ3v) is 3.93. The maximum atomic E-state index is 6.17. The smallest absolute Gasteiger partial charge is 0.254 e. The Kier molecular flexibility index (Phi) is 3.69. The molecule has 2 aromatic heterocycles. The van der Waals surface area contributed by atoms with Gasteiger partial charge in [-0.25, -0.2) is 4.98 Å². The van der Waals surface area contributed by atoms with Crippen LogP contribution < -0.4 is 5.32 Å². The first-order valence-electron chi connectivity index (χ1n) is 6.42. The molecule has 108 valence electrons. The quantitative estimate of drug-likeness (QED) is 0.799. The van der Waals surface area contributed by atoms with Gasteiger partial charge in [0.1, 0.15) is 0 Å². The van der Waals surface area contributed by atoms with Crippen molar-refractivity contribution in [2.75, 3.05) is 5.32 Å². The molecule has 5 nitrogen and oxygen atoms in total. The molecule has 0 bridgehead atoms. The van der Waals surface area contributed by atoms with Gasteiger partial charge in [-0.05, 0) is 31.5 Å². The highest BCUT2D eigenvalue weighted by molar-refractivity contribution is 6.31. The van der Waals surface area contributed by atoms with Crippen LogP contribution in [0.2, 0.25) is 10.0 Å². The Hall–Kier alpha value is -1.85. The number of nitrogens with one attached hydrogen (secondary N) is 1. The number of aromatic nitrogens is 4. The molecule has 21 heavy (non-hydrogen) atoms. The van der Waals surface area contributed by atoms with E-state index in [-0.39, 0.29) is 0 Å². The van der Waals surface area contributed by atoms with Crippen LogP contribution in [0.4, 0.5) is 5.95 Å². The number of benzene rings is 1. The summed E-state index contributed by atoms with van der Waals surface area (Å²) in [5.41, 5.74) is 2.62. The van der Waals surface area contributed by atoms with Gasteiger partial charge >= 0.3 is 0 Å². The van der Waals surface area contributed by atoms with Gasteiger partial charge < -0.3 is 5.32 Å². The predicted molar refractivity (Wildman–Crippen MR) is 84.0 cm³/mol. The first-order chi connectivity index (χ1) is 10.0. The molecule has 3 aromatic rings. The molecule has 0 fully saturated rings. The number of aryl methyl sites for hydroxylation is 2. The summed E-state index contributed by atoms with van der Waals surface area (Å²) in [6, 6.07) is 7.63. The van der Waals surface area contributed by atoms with Crippen LogP contribution in [0, 0.1) is 13.8 Å². The minimum absolute atomic E-state index is 0.507. The second-order valence-electron chi connectivity index (χ2n) is 4.73. The number of hydrogen-bond donors (Lipinski definition) is 1. The van der Waals surface area contributed by atoms with Crippen molar-refractivity contribution in [3.05, 3.63) is 51.3 Å². The maximum Gasteiger partial charge on any atom is 0.254 e. The standard InChI is InChI=1S/C14H13Cl2N5/c1-8-12(16)9(2)21-14(18-8)19-13(20-21)17-7-10-4-3-5-11(15)6-10/h3-6H,7H2,1-2H3,(H,17,20). The molecule has 0 spiro atoms. The first kappa shape index (κ1) is 14.1. The Balaban J connectivity index is 1.87. The fourth-order valence-corrected chi connectivity index (χ4v) is 2.39. The average molecular weight is 322 g/mol. The molecule has 2 heterocycles. The molecule has 0 aliphatic rings. The Morgan fingerprint density at radius 2 is 2.00 bits per heavy atom. The van der Waals surface area contributed by atoms with Crippen molar-refractivity contribution in [1.82, 2.24) is 19.6 Å². The van der Waals surface area contributed by atoms with Gasteiger partial charge in [0, 0.05) is 11.6 Å². The zero-order valence-electron chi connectivity index (χ0n) is 11.6. The van der Waals surface area contributed by atoms with Crippen LogP contribution in [-0.4, -0.2) is 19.6 Å². The molecule has 0 radical (unpaired) electrons. The van der Waals surface area contributed by atoms with E-state index in [2.05, 4.69) is 20.4 Å². The summed E-state index contributed by atoms with van der Waals surface area (Å²) in [7, 11) is 0. The van der Waals surface area contributed by atoms with E-state index < -0.39 is 0 Å². The van der Waals surface area contributed by atoms with Crippen LogP contribution in [0.25, 0.3) is 5.78 Å². The predicted octanol–water partition coefficient (Wildman–Crippen LogP) is 3.66. The minimum Gasteiger partial charge on any atom is -0.349 e. The Morgan fingerprint density at radius 3 is 2.76 bits per heavy atom. The summed E-state index contributed by atoms with van der Waals surface area (Å²) in [5.74, 6) is 1.04. The molecular formula is C14H13Cl2N5. The first-order valence-corrected chi connectivity index (χ1v) is 7.18. The third kappa shape index (κ3) is 2.80. The fraction of sp³-hybridized carbons (Fsp3) is 0.214. The number of halogens is 2. The maximum absolute atomic E-state index is 6.17. The summed E-state index contributed by atoms with van der Waals surface area (Å²) in [4.78, 5) is 8.67. The molecular weight excluding hydrogens is 309 g/mol. The van der Waals surface area contributed by atoms with Gasteiger partial charge in [-0.3, -0.25) is 0 Å². The number of fused-ring (bicyclic) bond motifs is 1. The molecule has 0 amide bonds. The molecule has 0 aliphatic heterocycles.